The van der Waals surface area contributed by atoms with E-state index in [1.807, 2.05) is 30.3 Å². The molecule has 0 radical (unpaired) electrons. The number of hydrogen-bond donors (Lipinski definition) is 1. The van der Waals surface area contributed by atoms with Crippen LogP contribution in [-0.4, -0.2) is 29.3 Å². The van der Waals surface area contributed by atoms with Crippen molar-refractivity contribution in [2.24, 2.45) is 0 Å². The molecule has 2 rings (SSSR count). The zero-order chi connectivity index (χ0) is 13.7. The molecular weight excluding hydrogens is 244 g/mol. The second-order valence-corrected chi connectivity index (χ2v) is 4.00. The molecule has 1 N–H and O–H groups in total. The number of hydrogen-bond acceptors (Lipinski definition) is 5. The monoisotopic (exact) mass is 260 g/mol. The molecule has 0 bridgehead atoms. The normalized spacial score (nSPS) is 11.9. The fourth-order valence-electron chi connectivity index (χ4n) is 1.72. The minimum Gasteiger partial charge on any atom is -0.481 e. The van der Waals surface area contributed by atoms with E-state index in [9.17, 15) is 5.11 Å². The second-order valence-electron chi connectivity index (χ2n) is 4.00. The summed E-state index contributed by atoms with van der Waals surface area (Å²) in [6, 6.07) is 11.0. The molecule has 5 nitrogen and oxygen atoms in total. The van der Waals surface area contributed by atoms with Crippen molar-refractivity contribution in [3.63, 3.8) is 0 Å². The van der Waals surface area contributed by atoms with Gasteiger partial charge in [-0.1, -0.05) is 30.3 Å². The Morgan fingerprint density at radius 2 is 1.63 bits per heavy atom. The van der Waals surface area contributed by atoms with Gasteiger partial charge in [0.2, 0.25) is 11.8 Å². The van der Waals surface area contributed by atoms with Crippen LogP contribution in [0.2, 0.25) is 0 Å². The van der Waals surface area contributed by atoms with E-state index < -0.39 is 6.10 Å². The van der Waals surface area contributed by atoms with Crippen molar-refractivity contribution in [1.82, 2.24) is 9.97 Å². The number of aromatic nitrogens is 2. The highest BCUT2D eigenvalue weighted by Crippen LogP contribution is 2.20. The lowest BCUT2D eigenvalue weighted by Crippen LogP contribution is -2.07. The van der Waals surface area contributed by atoms with Crippen LogP contribution in [0.25, 0.3) is 0 Å². The fraction of sp³-hybridized carbons (Fsp3) is 0.286. The molecule has 0 saturated carbocycles. The first-order chi connectivity index (χ1) is 9.22. The highest BCUT2D eigenvalue weighted by Gasteiger charge is 2.12. The van der Waals surface area contributed by atoms with Gasteiger partial charge >= 0.3 is 0 Å². The molecule has 5 heteroatoms. The first kappa shape index (κ1) is 13.3. The Balaban J connectivity index is 2.18. The van der Waals surface area contributed by atoms with Crippen molar-refractivity contribution < 1.29 is 14.6 Å². The third-order valence-corrected chi connectivity index (χ3v) is 2.70. The number of aliphatic hydroxyl groups is 1. The summed E-state index contributed by atoms with van der Waals surface area (Å²) in [5.41, 5.74) is 0.827. The standard InChI is InChI=1S/C14H16N2O3/c1-18-13-9-14(19-2)16-12(15-13)8-11(17)10-6-4-3-5-7-10/h3-7,9,11,17H,8H2,1-2H3. The summed E-state index contributed by atoms with van der Waals surface area (Å²) in [4.78, 5) is 8.38. The molecule has 100 valence electrons. The van der Waals surface area contributed by atoms with Crippen LogP contribution in [0.4, 0.5) is 0 Å². The molecule has 1 aromatic carbocycles. The Bertz CT molecular complexity index is 509. The Labute approximate surface area is 111 Å². The molecule has 0 aliphatic rings. The van der Waals surface area contributed by atoms with Crippen molar-refractivity contribution in [2.45, 2.75) is 12.5 Å². The minimum absolute atomic E-state index is 0.303. The molecular formula is C14H16N2O3. The summed E-state index contributed by atoms with van der Waals surface area (Å²) in [7, 11) is 3.05. The van der Waals surface area contributed by atoms with E-state index in [2.05, 4.69) is 9.97 Å². The predicted molar refractivity (Wildman–Crippen MR) is 70.2 cm³/mol. The van der Waals surface area contributed by atoms with Gasteiger partial charge in [0.1, 0.15) is 5.82 Å². The van der Waals surface area contributed by atoms with Crippen LogP contribution in [-0.2, 0) is 6.42 Å². The lowest BCUT2D eigenvalue weighted by atomic mass is 10.1. The van der Waals surface area contributed by atoms with Gasteiger partial charge in [0.05, 0.1) is 26.4 Å². The summed E-state index contributed by atoms with van der Waals surface area (Å²) in [6.07, 6.45) is -0.351. The fourth-order valence-corrected chi connectivity index (χ4v) is 1.72. The smallest absolute Gasteiger partial charge is 0.220 e. The van der Waals surface area contributed by atoms with Gasteiger partial charge in [-0.2, -0.15) is 9.97 Å². The predicted octanol–water partition coefficient (Wildman–Crippen LogP) is 1.77. The molecule has 0 amide bonds. The summed E-state index contributed by atoms with van der Waals surface area (Å²) in [6.45, 7) is 0. The van der Waals surface area contributed by atoms with Gasteiger partial charge < -0.3 is 14.6 Å². The summed E-state index contributed by atoms with van der Waals surface area (Å²) in [5, 5.41) is 10.1. The maximum atomic E-state index is 10.1. The van der Waals surface area contributed by atoms with Crippen LogP contribution in [0.1, 0.15) is 17.5 Å². The van der Waals surface area contributed by atoms with Crippen molar-refractivity contribution in [1.29, 1.82) is 0 Å². The van der Waals surface area contributed by atoms with E-state index in [4.69, 9.17) is 9.47 Å². The molecule has 0 saturated heterocycles. The number of ether oxygens (including phenoxy) is 2. The first-order valence-electron chi connectivity index (χ1n) is 5.92. The molecule has 19 heavy (non-hydrogen) atoms. The first-order valence-corrected chi connectivity index (χ1v) is 5.92. The SMILES string of the molecule is COc1cc(OC)nc(CC(O)c2ccccc2)n1. The highest BCUT2D eigenvalue weighted by molar-refractivity contribution is 5.23. The maximum absolute atomic E-state index is 10.1. The zero-order valence-corrected chi connectivity index (χ0v) is 10.9. The number of methoxy groups -OCH3 is 2. The number of nitrogens with zero attached hydrogens (tertiary/aromatic N) is 2. The third-order valence-electron chi connectivity index (χ3n) is 2.70. The van der Waals surface area contributed by atoms with Crippen molar-refractivity contribution in [3.05, 3.63) is 47.8 Å². The van der Waals surface area contributed by atoms with E-state index in [1.165, 1.54) is 14.2 Å². The van der Waals surface area contributed by atoms with Crippen molar-refractivity contribution >= 4 is 0 Å². The summed E-state index contributed by atoms with van der Waals surface area (Å²) >= 11 is 0. The van der Waals surface area contributed by atoms with Crippen molar-refractivity contribution in [3.8, 4) is 11.8 Å². The Morgan fingerprint density at radius 1 is 1.05 bits per heavy atom. The van der Waals surface area contributed by atoms with Gasteiger partial charge in [-0.3, -0.25) is 0 Å². The van der Waals surface area contributed by atoms with Crippen LogP contribution in [0.3, 0.4) is 0 Å². The van der Waals surface area contributed by atoms with Crippen LogP contribution < -0.4 is 9.47 Å². The van der Waals surface area contributed by atoms with Crippen LogP contribution in [0.15, 0.2) is 36.4 Å². The molecule has 1 unspecified atom stereocenters. The van der Waals surface area contributed by atoms with Gasteiger partial charge in [-0.25, -0.2) is 0 Å². The molecule has 1 atom stereocenters. The van der Waals surface area contributed by atoms with E-state index in [0.717, 1.165) is 5.56 Å². The molecule has 0 aliphatic carbocycles. The summed E-state index contributed by atoms with van der Waals surface area (Å²) < 4.78 is 10.1. The topological polar surface area (TPSA) is 64.5 Å². The highest BCUT2D eigenvalue weighted by atomic mass is 16.5. The van der Waals surface area contributed by atoms with E-state index in [-0.39, 0.29) is 0 Å². The number of rotatable bonds is 5. The van der Waals surface area contributed by atoms with E-state index in [1.54, 1.807) is 6.07 Å². The lowest BCUT2D eigenvalue weighted by Gasteiger charge is -2.11. The largest absolute Gasteiger partial charge is 0.481 e. The van der Waals surface area contributed by atoms with E-state index >= 15 is 0 Å². The van der Waals surface area contributed by atoms with Crippen molar-refractivity contribution in [2.75, 3.05) is 14.2 Å². The average molecular weight is 260 g/mol. The van der Waals surface area contributed by atoms with Crippen LogP contribution in [0.5, 0.6) is 11.8 Å². The second kappa shape index (κ2) is 6.15. The molecule has 0 aliphatic heterocycles. The third kappa shape index (κ3) is 3.42. The zero-order valence-electron chi connectivity index (χ0n) is 10.9. The van der Waals surface area contributed by atoms with Gasteiger partial charge in [0, 0.05) is 6.42 Å². The molecule has 0 spiro atoms. The summed E-state index contributed by atoms with van der Waals surface area (Å²) in [5.74, 6) is 1.32. The van der Waals surface area contributed by atoms with Crippen LogP contribution >= 0.6 is 0 Å². The van der Waals surface area contributed by atoms with Gasteiger partial charge in [0.15, 0.2) is 0 Å². The van der Waals surface area contributed by atoms with Gasteiger partial charge in [-0.15, -0.1) is 0 Å². The Morgan fingerprint density at radius 3 is 2.16 bits per heavy atom. The maximum Gasteiger partial charge on any atom is 0.220 e. The number of aliphatic hydroxyl groups excluding tert-OH is 1. The quantitative estimate of drug-likeness (QED) is 0.887. The molecule has 2 aromatic rings. The molecule has 0 fully saturated rings. The van der Waals surface area contributed by atoms with Gasteiger partial charge in [0.25, 0.3) is 0 Å². The Kier molecular flexibility index (Phi) is 4.30. The number of benzene rings is 1. The Hall–Kier alpha value is -2.14. The van der Waals surface area contributed by atoms with Gasteiger partial charge in [-0.05, 0) is 5.56 Å². The molecule has 1 heterocycles. The lowest BCUT2D eigenvalue weighted by molar-refractivity contribution is 0.175. The minimum atomic E-state index is -0.655. The average Bonchev–Trinajstić information content (AvgIpc) is 2.47. The van der Waals surface area contributed by atoms with E-state index in [0.29, 0.717) is 24.0 Å². The van der Waals surface area contributed by atoms with Crippen LogP contribution in [0, 0.1) is 0 Å². The molecule has 1 aromatic heterocycles.